The zero-order valence-electron chi connectivity index (χ0n) is 11.3. The Labute approximate surface area is 128 Å². The highest BCUT2D eigenvalue weighted by Crippen LogP contribution is 2.42. The van der Waals surface area contributed by atoms with Gasteiger partial charge in [0.25, 0.3) is 0 Å². The molecule has 0 amide bonds. The zero-order valence-corrected chi connectivity index (χ0v) is 12.9. The van der Waals surface area contributed by atoms with Gasteiger partial charge in [-0.05, 0) is 24.3 Å². The zero-order chi connectivity index (χ0) is 16.0. The number of nitrogens with zero attached hydrogens (tertiary/aromatic N) is 1. The summed E-state index contributed by atoms with van der Waals surface area (Å²) < 4.78 is 50.0. The fourth-order valence-electron chi connectivity index (χ4n) is 2.64. The highest BCUT2D eigenvalue weighted by atomic mass is 32.2. The summed E-state index contributed by atoms with van der Waals surface area (Å²) in [5, 5.41) is 7.94. The smallest absolute Gasteiger partial charge is 0.186 e. The normalized spacial score (nSPS) is 19.3. The minimum atomic E-state index is -3.89. The van der Waals surface area contributed by atoms with E-state index in [-0.39, 0.29) is 20.9 Å². The summed E-state index contributed by atoms with van der Waals surface area (Å²) >= 11 is 0. The molecule has 1 heterocycles. The Morgan fingerprint density at radius 1 is 1.05 bits per heavy atom. The summed E-state index contributed by atoms with van der Waals surface area (Å²) in [6.45, 7) is 0. The number of rotatable bonds is 2. The Morgan fingerprint density at radius 2 is 1.73 bits per heavy atom. The van der Waals surface area contributed by atoms with Gasteiger partial charge in [0.15, 0.2) is 19.7 Å². The first-order chi connectivity index (χ1) is 10.4. The molecule has 0 fully saturated rings. The predicted octanol–water partition coefficient (Wildman–Crippen LogP) is 1.86. The maximum Gasteiger partial charge on any atom is 0.186 e. The fraction of sp³-hybridized carbons (Fsp3) is 0.133. The van der Waals surface area contributed by atoms with Gasteiger partial charge in [-0.1, -0.05) is 24.3 Å². The highest BCUT2D eigenvalue weighted by Gasteiger charge is 2.44. The van der Waals surface area contributed by atoms with Gasteiger partial charge in [-0.15, -0.1) is 0 Å². The minimum Gasteiger partial charge on any atom is -0.224 e. The molecule has 0 aromatic heterocycles. The second-order valence-electron chi connectivity index (χ2n) is 4.96. The van der Waals surface area contributed by atoms with Crippen LogP contribution in [0.2, 0.25) is 0 Å². The van der Waals surface area contributed by atoms with Gasteiger partial charge in [-0.25, -0.2) is 16.8 Å². The van der Waals surface area contributed by atoms with Crippen molar-refractivity contribution in [2.75, 3.05) is 5.75 Å². The molecule has 1 aliphatic heterocycles. The molecule has 112 valence electrons. The molecule has 1 unspecified atom stereocenters. The average Bonchev–Trinajstić information content (AvgIpc) is 2.81. The first-order valence-corrected chi connectivity index (χ1v) is 9.62. The molecule has 1 atom stereocenters. The second kappa shape index (κ2) is 4.93. The first-order valence-electron chi connectivity index (χ1n) is 6.42. The van der Waals surface area contributed by atoms with Crippen molar-refractivity contribution in [3.05, 3.63) is 59.7 Å². The van der Waals surface area contributed by atoms with Crippen molar-refractivity contribution >= 4 is 19.7 Å². The molecule has 2 aromatic carbocycles. The number of hydrogen-bond donors (Lipinski definition) is 0. The van der Waals surface area contributed by atoms with Crippen LogP contribution in [0.15, 0.2) is 58.3 Å². The monoisotopic (exact) mass is 333 g/mol. The SMILES string of the molecule is N#Cc1cccc2c1C(S(=O)(=O)c1ccccc1)CS2(=O)=O. The number of sulfone groups is 2. The van der Waals surface area contributed by atoms with E-state index in [0.717, 1.165) is 0 Å². The lowest BCUT2D eigenvalue weighted by Crippen LogP contribution is -2.16. The van der Waals surface area contributed by atoms with Crippen LogP contribution in [0.4, 0.5) is 0 Å². The van der Waals surface area contributed by atoms with E-state index < -0.39 is 30.7 Å². The van der Waals surface area contributed by atoms with E-state index in [1.54, 1.807) is 18.2 Å². The van der Waals surface area contributed by atoms with Crippen molar-refractivity contribution in [3.8, 4) is 6.07 Å². The second-order valence-corrected chi connectivity index (χ2v) is 9.09. The van der Waals surface area contributed by atoms with E-state index in [0.29, 0.717) is 0 Å². The standard InChI is InChI=1S/C15H11NO4S2/c16-9-11-5-4-8-13-15(11)14(10-21(13,17)18)22(19,20)12-6-2-1-3-7-12/h1-8,14H,10H2. The fourth-order valence-corrected chi connectivity index (χ4v) is 7.01. The Hall–Kier alpha value is -2.17. The largest absolute Gasteiger partial charge is 0.224 e. The molecule has 0 bridgehead atoms. The maximum atomic E-state index is 12.8. The maximum absolute atomic E-state index is 12.8. The molecular weight excluding hydrogens is 322 g/mol. The molecule has 0 saturated heterocycles. The lowest BCUT2D eigenvalue weighted by molar-refractivity contribution is 0.582. The third-order valence-electron chi connectivity index (χ3n) is 3.66. The number of fused-ring (bicyclic) bond motifs is 1. The van der Waals surface area contributed by atoms with Gasteiger partial charge in [-0.3, -0.25) is 0 Å². The minimum absolute atomic E-state index is 0.0517. The van der Waals surface area contributed by atoms with Crippen molar-refractivity contribution in [3.63, 3.8) is 0 Å². The summed E-state index contributed by atoms with van der Waals surface area (Å²) in [4.78, 5) is -0.00755. The van der Waals surface area contributed by atoms with E-state index >= 15 is 0 Å². The molecule has 22 heavy (non-hydrogen) atoms. The van der Waals surface area contributed by atoms with Crippen molar-refractivity contribution in [2.45, 2.75) is 15.0 Å². The van der Waals surface area contributed by atoms with Gasteiger partial charge < -0.3 is 0 Å². The van der Waals surface area contributed by atoms with E-state index in [9.17, 15) is 22.1 Å². The third-order valence-corrected chi connectivity index (χ3v) is 7.75. The summed E-state index contributed by atoms with van der Waals surface area (Å²) in [5.74, 6) is -0.530. The van der Waals surface area contributed by atoms with Crippen molar-refractivity contribution in [2.24, 2.45) is 0 Å². The van der Waals surface area contributed by atoms with Crippen LogP contribution in [0.25, 0.3) is 0 Å². The number of hydrogen-bond acceptors (Lipinski definition) is 5. The molecule has 0 radical (unpaired) electrons. The summed E-state index contributed by atoms with van der Waals surface area (Å²) in [7, 11) is -7.59. The summed E-state index contributed by atoms with van der Waals surface area (Å²) in [6, 6.07) is 13.8. The summed E-state index contributed by atoms with van der Waals surface area (Å²) in [6.07, 6.45) is 0. The molecule has 0 aliphatic carbocycles. The van der Waals surface area contributed by atoms with Crippen LogP contribution in [-0.4, -0.2) is 22.6 Å². The van der Waals surface area contributed by atoms with Crippen LogP contribution < -0.4 is 0 Å². The summed E-state index contributed by atoms with van der Waals surface area (Å²) in [5.41, 5.74) is 0.178. The van der Waals surface area contributed by atoms with E-state index in [1.807, 2.05) is 6.07 Å². The first kappa shape index (κ1) is 14.8. The molecule has 0 saturated carbocycles. The van der Waals surface area contributed by atoms with E-state index in [4.69, 9.17) is 0 Å². The predicted molar refractivity (Wildman–Crippen MR) is 79.6 cm³/mol. The Bertz CT molecular complexity index is 988. The Kier molecular flexibility index (Phi) is 3.31. The van der Waals surface area contributed by atoms with E-state index in [2.05, 4.69) is 0 Å². The van der Waals surface area contributed by atoms with Gasteiger partial charge in [0.2, 0.25) is 0 Å². The quantitative estimate of drug-likeness (QED) is 0.836. The van der Waals surface area contributed by atoms with Gasteiger partial charge in [0.05, 0.1) is 27.2 Å². The van der Waals surface area contributed by atoms with Gasteiger partial charge in [0, 0.05) is 5.56 Å². The van der Waals surface area contributed by atoms with Gasteiger partial charge in [-0.2, -0.15) is 5.26 Å². The highest BCUT2D eigenvalue weighted by molar-refractivity contribution is 7.96. The topological polar surface area (TPSA) is 92.1 Å². The van der Waals surface area contributed by atoms with Crippen LogP contribution in [0.5, 0.6) is 0 Å². The van der Waals surface area contributed by atoms with Crippen molar-refractivity contribution in [1.29, 1.82) is 5.26 Å². The van der Waals surface area contributed by atoms with Crippen LogP contribution in [0, 0.1) is 11.3 Å². The molecule has 1 aliphatic rings. The molecule has 0 spiro atoms. The molecule has 0 N–H and O–H groups in total. The number of benzene rings is 2. The molecule has 7 heteroatoms. The van der Waals surface area contributed by atoms with Crippen LogP contribution in [0.1, 0.15) is 16.4 Å². The number of nitriles is 1. The molecule has 3 rings (SSSR count). The van der Waals surface area contributed by atoms with Crippen LogP contribution >= 0.6 is 0 Å². The van der Waals surface area contributed by atoms with Crippen molar-refractivity contribution in [1.82, 2.24) is 0 Å². The molecular formula is C15H11NO4S2. The lowest BCUT2D eigenvalue weighted by atomic mass is 10.1. The van der Waals surface area contributed by atoms with Crippen LogP contribution in [-0.2, 0) is 19.7 Å². The van der Waals surface area contributed by atoms with E-state index in [1.165, 1.54) is 30.3 Å². The van der Waals surface area contributed by atoms with Crippen LogP contribution in [0.3, 0.4) is 0 Å². The lowest BCUT2D eigenvalue weighted by Gasteiger charge is -2.12. The molecule has 5 nitrogen and oxygen atoms in total. The van der Waals surface area contributed by atoms with Crippen molar-refractivity contribution < 1.29 is 16.8 Å². The molecule has 2 aromatic rings. The van der Waals surface area contributed by atoms with Gasteiger partial charge in [0.1, 0.15) is 5.25 Å². The Balaban J connectivity index is 2.28. The third kappa shape index (κ3) is 2.12. The average molecular weight is 333 g/mol. The van der Waals surface area contributed by atoms with Gasteiger partial charge >= 0.3 is 0 Å². The Morgan fingerprint density at radius 3 is 2.36 bits per heavy atom.